The maximum atomic E-state index is 13.4. The topological polar surface area (TPSA) is 96.8 Å². The lowest BCUT2D eigenvalue weighted by molar-refractivity contribution is -0.140. The van der Waals surface area contributed by atoms with Gasteiger partial charge in [0.2, 0.25) is 0 Å². The second-order valence-corrected chi connectivity index (χ2v) is 9.34. The lowest BCUT2D eigenvalue weighted by atomic mass is 10.1. The molecule has 4 rings (SSSR count). The number of carbonyl (C=O) groups is 2. The molecule has 1 unspecified atom stereocenters. The molecule has 31 heavy (non-hydrogen) atoms. The predicted molar refractivity (Wildman–Crippen MR) is 113 cm³/mol. The molecule has 2 aliphatic rings. The maximum Gasteiger partial charge on any atom is 0.322 e. The minimum absolute atomic E-state index is 0.0862. The number of fused-ring (bicyclic) bond motifs is 3. The minimum Gasteiger partial charge on any atom is -0.320 e. The summed E-state index contributed by atoms with van der Waals surface area (Å²) in [5.41, 5.74) is 2.15. The van der Waals surface area contributed by atoms with E-state index in [9.17, 15) is 18.2 Å². The van der Waals surface area contributed by atoms with E-state index in [0.29, 0.717) is 29.9 Å². The standard InChI is InChI=1S/C19H21ClFN5O4S/c1-24-18(27)17-13-9-25(19(28)22-11-3-4-15(21)14(20)7-11)6-5-16(13)23-26(17)8-12(30-24)10-31(2)29/h3-4,7,12H,5-6,8-10H2,1-2H3,(H,22,28)/t12-,31?/m0/s1. The fourth-order valence-corrected chi connectivity index (χ4v) is 4.61. The number of aromatic nitrogens is 2. The number of nitrogens with zero attached hydrogens (tertiary/aromatic N) is 4. The van der Waals surface area contributed by atoms with Crippen LogP contribution in [0.25, 0.3) is 0 Å². The smallest absolute Gasteiger partial charge is 0.320 e. The molecule has 0 bridgehead atoms. The Hall–Kier alpha value is -2.50. The van der Waals surface area contributed by atoms with E-state index >= 15 is 0 Å². The van der Waals surface area contributed by atoms with Gasteiger partial charge in [0.15, 0.2) is 0 Å². The van der Waals surface area contributed by atoms with Gasteiger partial charge < -0.3 is 10.2 Å². The summed E-state index contributed by atoms with van der Waals surface area (Å²) >= 11 is 5.78. The fourth-order valence-electron chi connectivity index (χ4n) is 3.74. The molecule has 0 saturated carbocycles. The molecular weight excluding hydrogens is 449 g/mol. The van der Waals surface area contributed by atoms with Crippen molar-refractivity contribution in [2.24, 2.45) is 0 Å². The van der Waals surface area contributed by atoms with Crippen molar-refractivity contribution >= 4 is 40.0 Å². The quantitative estimate of drug-likeness (QED) is 0.742. The molecule has 1 N–H and O–H groups in total. The summed E-state index contributed by atoms with van der Waals surface area (Å²) in [7, 11) is 0.412. The van der Waals surface area contributed by atoms with Gasteiger partial charge >= 0.3 is 6.03 Å². The zero-order valence-electron chi connectivity index (χ0n) is 16.9. The third-order valence-corrected chi connectivity index (χ3v) is 6.28. The lowest BCUT2D eigenvalue weighted by Gasteiger charge is -2.27. The van der Waals surface area contributed by atoms with Crippen LogP contribution in [0.15, 0.2) is 18.2 Å². The Morgan fingerprint density at radius 3 is 2.94 bits per heavy atom. The van der Waals surface area contributed by atoms with E-state index in [0.717, 1.165) is 10.8 Å². The number of urea groups is 1. The Morgan fingerprint density at radius 1 is 1.45 bits per heavy atom. The molecule has 166 valence electrons. The van der Waals surface area contributed by atoms with Crippen molar-refractivity contribution in [3.8, 4) is 0 Å². The van der Waals surface area contributed by atoms with E-state index in [4.69, 9.17) is 16.4 Å². The predicted octanol–water partition coefficient (Wildman–Crippen LogP) is 2.03. The first kappa shape index (κ1) is 21.7. The van der Waals surface area contributed by atoms with Gasteiger partial charge in [-0.25, -0.2) is 14.2 Å². The molecule has 0 fully saturated rings. The van der Waals surface area contributed by atoms with Gasteiger partial charge in [0.1, 0.15) is 17.6 Å². The Bertz CT molecular complexity index is 1080. The highest BCUT2D eigenvalue weighted by Crippen LogP contribution is 2.27. The minimum atomic E-state index is -1.10. The average Bonchev–Trinajstić information content (AvgIpc) is 3.01. The maximum absolute atomic E-state index is 13.4. The van der Waals surface area contributed by atoms with Crippen LogP contribution >= 0.6 is 11.6 Å². The molecule has 0 radical (unpaired) electrons. The average molecular weight is 470 g/mol. The molecular formula is C19H21ClFN5O4S. The van der Waals surface area contributed by atoms with Crippen LogP contribution in [0.1, 0.15) is 21.7 Å². The molecule has 0 saturated heterocycles. The van der Waals surface area contributed by atoms with E-state index in [1.54, 1.807) is 15.8 Å². The lowest BCUT2D eigenvalue weighted by Crippen LogP contribution is -2.39. The number of carbonyl (C=O) groups excluding carboxylic acids is 2. The van der Waals surface area contributed by atoms with E-state index in [1.165, 1.54) is 25.2 Å². The normalized spacial score (nSPS) is 19.5. The summed E-state index contributed by atoms with van der Waals surface area (Å²) in [4.78, 5) is 32.9. The van der Waals surface area contributed by atoms with Gasteiger partial charge in [-0.3, -0.25) is 18.5 Å². The first-order valence-electron chi connectivity index (χ1n) is 9.57. The Labute approximate surface area is 185 Å². The number of hydroxylamine groups is 2. The molecule has 9 nitrogen and oxygen atoms in total. The molecule has 3 amide bonds. The van der Waals surface area contributed by atoms with Crippen LogP contribution < -0.4 is 5.32 Å². The number of rotatable bonds is 3. The fraction of sp³-hybridized carbons (Fsp3) is 0.421. The Morgan fingerprint density at radius 2 is 2.23 bits per heavy atom. The zero-order valence-corrected chi connectivity index (χ0v) is 18.5. The molecule has 0 aliphatic carbocycles. The van der Waals surface area contributed by atoms with Gasteiger partial charge in [-0.05, 0) is 18.2 Å². The summed E-state index contributed by atoms with van der Waals surface area (Å²) < 4.78 is 26.6. The monoisotopic (exact) mass is 469 g/mol. The van der Waals surface area contributed by atoms with Crippen LogP contribution in [0, 0.1) is 5.82 Å². The molecule has 0 spiro atoms. The van der Waals surface area contributed by atoms with Gasteiger partial charge in [-0.2, -0.15) is 5.10 Å². The number of hydrogen-bond donors (Lipinski definition) is 1. The number of benzene rings is 1. The number of nitrogens with one attached hydrogen (secondary N) is 1. The van der Waals surface area contributed by atoms with Gasteiger partial charge in [0.05, 0.1) is 29.6 Å². The van der Waals surface area contributed by atoms with Gasteiger partial charge in [0.25, 0.3) is 5.91 Å². The van der Waals surface area contributed by atoms with Crippen molar-refractivity contribution in [2.75, 3.05) is 30.9 Å². The van der Waals surface area contributed by atoms with Crippen LogP contribution in [-0.4, -0.2) is 67.6 Å². The largest absolute Gasteiger partial charge is 0.322 e. The number of hydrogen-bond acceptors (Lipinski definition) is 5. The SMILES string of the molecule is CN1O[C@H](CS(C)=O)Cn2nc3c(c2C1=O)CN(C(=O)Nc1ccc(F)c(Cl)c1)CC3. The van der Waals surface area contributed by atoms with Crippen molar-refractivity contribution < 1.29 is 23.0 Å². The van der Waals surface area contributed by atoms with Gasteiger partial charge in [-0.1, -0.05) is 11.6 Å². The molecule has 2 aromatic rings. The molecule has 3 heterocycles. The number of amides is 3. The summed E-state index contributed by atoms with van der Waals surface area (Å²) in [5.74, 6) is -0.665. The zero-order chi connectivity index (χ0) is 22.3. The summed E-state index contributed by atoms with van der Waals surface area (Å²) in [6, 6.07) is 3.55. The van der Waals surface area contributed by atoms with Crippen LogP contribution in [0.2, 0.25) is 5.02 Å². The van der Waals surface area contributed by atoms with Gasteiger partial charge in [-0.15, -0.1) is 0 Å². The second kappa shape index (κ2) is 8.56. The van der Waals surface area contributed by atoms with Crippen LogP contribution in [0.4, 0.5) is 14.9 Å². The first-order valence-corrected chi connectivity index (χ1v) is 11.7. The van der Waals surface area contributed by atoms with Crippen LogP contribution in [-0.2, 0) is 35.1 Å². The van der Waals surface area contributed by atoms with E-state index < -0.39 is 28.8 Å². The second-order valence-electron chi connectivity index (χ2n) is 7.46. The Kier molecular flexibility index (Phi) is 6.00. The van der Waals surface area contributed by atoms with Crippen molar-refractivity contribution in [1.82, 2.24) is 19.7 Å². The van der Waals surface area contributed by atoms with Crippen molar-refractivity contribution in [1.29, 1.82) is 0 Å². The molecule has 2 atom stereocenters. The first-order chi connectivity index (χ1) is 14.7. The molecule has 12 heteroatoms. The van der Waals surface area contributed by atoms with E-state index in [2.05, 4.69) is 10.4 Å². The van der Waals surface area contributed by atoms with Crippen LogP contribution in [0.5, 0.6) is 0 Å². The van der Waals surface area contributed by atoms with Crippen molar-refractivity contribution in [2.45, 2.75) is 25.6 Å². The highest BCUT2D eigenvalue weighted by atomic mass is 35.5. The van der Waals surface area contributed by atoms with Crippen LogP contribution in [0.3, 0.4) is 0 Å². The summed E-state index contributed by atoms with van der Waals surface area (Å²) in [6.45, 7) is 0.890. The third-order valence-electron chi connectivity index (χ3n) is 5.15. The van der Waals surface area contributed by atoms with Crippen molar-refractivity contribution in [3.05, 3.63) is 46.0 Å². The highest BCUT2D eigenvalue weighted by molar-refractivity contribution is 7.84. The highest BCUT2D eigenvalue weighted by Gasteiger charge is 2.35. The van der Waals surface area contributed by atoms with Crippen molar-refractivity contribution in [3.63, 3.8) is 0 Å². The molecule has 1 aromatic carbocycles. The molecule has 1 aromatic heterocycles. The Balaban J connectivity index is 1.56. The number of halogens is 2. The van der Waals surface area contributed by atoms with E-state index in [-0.39, 0.29) is 29.8 Å². The summed E-state index contributed by atoms with van der Waals surface area (Å²) in [5, 5.41) is 8.31. The third kappa shape index (κ3) is 4.43. The molecule has 2 aliphatic heterocycles. The summed E-state index contributed by atoms with van der Waals surface area (Å²) in [6.07, 6.45) is 1.61. The van der Waals surface area contributed by atoms with Gasteiger partial charge in [0, 0.05) is 48.3 Å². The van der Waals surface area contributed by atoms with E-state index in [1.807, 2.05) is 0 Å². The number of anilines is 1.